The van der Waals surface area contributed by atoms with Crippen LogP contribution < -0.4 is 10.5 Å². The number of hydrogen-bond donors (Lipinski definition) is 2. The number of likely N-dealkylation sites (tertiary alicyclic amines) is 1. The molecule has 1 heterocycles. The number of hydrogen-bond acceptors (Lipinski definition) is 4. The number of carbonyl (C=O) groups excluding carboxylic acids is 1. The molecule has 8 heteroatoms. The van der Waals surface area contributed by atoms with E-state index >= 15 is 0 Å². The van der Waals surface area contributed by atoms with Crippen LogP contribution in [0, 0.1) is 17.8 Å². The van der Waals surface area contributed by atoms with Gasteiger partial charge in [0.2, 0.25) is 15.9 Å². The fourth-order valence-electron chi connectivity index (χ4n) is 4.27. The van der Waals surface area contributed by atoms with Gasteiger partial charge in [-0.3, -0.25) is 4.79 Å². The predicted molar refractivity (Wildman–Crippen MR) is 82.5 cm³/mol. The van der Waals surface area contributed by atoms with E-state index < -0.39 is 10.0 Å². The molecule has 3 aliphatic rings. The second-order valence-electron chi connectivity index (χ2n) is 6.60. The molecule has 1 amide bonds. The normalized spacial score (nSPS) is 38.6. The van der Waals surface area contributed by atoms with Gasteiger partial charge in [-0.05, 0) is 37.5 Å². The van der Waals surface area contributed by atoms with Gasteiger partial charge in [0.25, 0.3) is 0 Å². The number of rotatable bonds is 3. The average molecular weight is 338 g/mol. The molecule has 3 fully saturated rings. The van der Waals surface area contributed by atoms with Gasteiger partial charge in [-0.25, -0.2) is 13.1 Å². The van der Waals surface area contributed by atoms with Crippen molar-refractivity contribution in [1.29, 1.82) is 0 Å². The van der Waals surface area contributed by atoms with Gasteiger partial charge in [0, 0.05) is 25.2 Å². The van der Waals surface area contributed by atoms with Crippen molar-refractivity contribution in [3.63, 3.8) is 0 Å². The van der Waals surface area contributed by atoms with Crippen molar-refractivity contribution < 1.29 is 13.2 Å². The molecule has 1 aliphatic heterocycles. The predicted octanol–water partition coefficient (Wildman–Crippen LogP) is -0.0683. The number of carbonyl (C=O) groups is 1. The number of nitrogens with one attached hydrogen (secondary N) is 1. The van der Waals surface area contributed by atoms with Crippen LogP contribution in [0.3, 0.4) is 0 Å². The summed E-state index contributed by atoms with van der Waals surface area (Å²) in [7, 11) is -3.21. The van der Waals surface area contributed by atoms with Crippen molar-refractivity contribution in [3.05, 3.63) is 0 Å². The van der Waals surface area contributed by atoms with Gasteiger partial charge < -0.3 is 10.6 Å². The molecule has 3 rings (SSSR count). The molecule has 2 bridgehead atoms. The summed E-state index contributed by atoms with van der Waals surface area (Å²) in [6.45, 7) is 1.11. The maximum atomic E-state index is 12.6. The van der Waals surface area contributed by atoms with Crippen LogP contribution in [0.25, 0.3) is 0 Å². The van der Waals surface area contributed by atoms with E-state index in [9.17, 15) is 13.2 Å². The van der Waals surface area contributed by atoms with E-state index in [1.54, 1.807) is 4.90 Å². The molecular weight excluding hydrogens is 314 g/mol. The Morgan fingerprint density at radius 1 is 1.24 bits per heavy atom. The van der Waals surface area contributed by atoms with E-state index in [1.807, 2.05) is 0 Å². The van der Waals surface area contributed by atoms with Gasteiger partial charge in [-0.1, -0.05) is 0 Å². The molecule has 0 aromatic rings. The number of sulfonamides is 1. The fourth-order valence-corrected chi connectivity index (χ4v) is 5.07. The third-order valence-electron chi connectivity index (χ3n) is 5.15. The monoisotopic (exact) mass is 337 g/mol. The van der Waals surface area contributed by atoms with Crippen LogP contribution in [-0.4, -0.2) is 50.7 Å². The summed E-state index contributed by atoms with van der Waals surface area (Å²) >= 11 is 0. The molecule has 0 spiro atoms. The van der Waals surface area contributed by atoms with Gasteiger partial charge >= 0.3 is 0 Å². The number of halogens is 1. The Balaban J connectivity index is 0.00000161. The Hall–Kier alpha value is -0.370. The summed E-state index contributed by atoms with van der Waals surface area (Å²) in [4.78, 5) is 14.4. The summed E-state index contributed by atoms with van der Waals surface area (Å²) in [6, 6.07) is -0.146. The van der Waals surface area contributed by atoms with E-state index in [1.165, 1.54) is 0 Å². The smallest absolute Gasteiger partial charge is 0.227 e. The SMILES string of the molecule is CS(=O)(=O)NC1CCN(C(=O)C2C3CCC(C3)C2N)C1.Cl. The zero-order chi connectivity index (χ0) is 14.5. The molecule has 2 saturated carbocycles. The standard InChI is InChI=1S/C13H23N3O3S.ClH/c1-20(18,19)15-10-4-5-16(7-10)13(17)11-8-2-3-9(6-8)12(11)14;/h8-12,15H,2-7,14H2,1H3;1H. The first-order valence-electron chi connectivity index (χ1n) is 7.37. The van der Waals surface area contributed by atoms with E-state index in [4.69, 9.17) is 5.73 Å². The Morgan fingerprint density at radius 2 is 1.90 bits per heavy atom. The zero-order valence-electron chi connectivity index (χ0n) is 12.2. The molecule has 5 atom stereocenters. The first-order chi connectivity index (χ1) is 9.35. The van der Waals surface area contributed by atoms with Gasteiger partial charge in [0.05, 0.1) is 12.2 Å². The van der Waals surface area contributed by atoms with Crippen molar-refractivity contribution in [2.75, 3.05) is 19.3 Å². The van der Waals surface area contributed by atoms with Crippen molar-refractivity contribution in [3.8, 4) is 0 Å². The second kappa shape index (κ2) is 6.02. The van der Waals surface area contributed by atoms with Crippen molar-refractivity contribution in [2.45, 2.75) is 37.8 Å². The highest BCUT2D eigenvalue weighted by atomic mass is 35.5. The summed E-state index contributed by atoms with van der Waals surface area (Å²) in [5.74, 6) is 1.07. The van der Waals surface area contributed by atoms with Crippen molar-refractivity contribution in [2.24, 2.45) is 23.5 Å². The van der Waals surface area contributed by atoms with E-state index in [0.29, 0.717) is 31.3 Å². The maximum absolute atomic E-state index is 12.6. The van der Waals surface area contributed by atoms with E-state index in [2.05, 4.69) is 4.72 Å². The Morgan fingerprint density at radius 3 is 2.48 bits per heavy atom. The fraction of sp³-hybridized carbons (Fsp3) is 0.923. The lowest BCUT2D eigenvalue weighted by atomic mass is 9.84. The van der Waals surface area contributed by atoms with Crippen molar-refractivity contribution >= 4 is 28.3 Å². The minimum Gasteiger partial charge on any atom is -0.341 e. The molecule has 21 heavy (non-hydrogen) atoms. The molecule has 0 radical (unpaired) electrons. The Labute approximate surface area is 132 Å². The van der Waals surface area contributed by atoms with Gasteiger partial charge in [-0.15, -0.1) is 12.4 Å². The minimum absolute atomic E-state index is 0. The molecule has 6 nitrogen and oxygen atoms in total. The van der Waals surface area contributed by atoms with Crippen LogP contribution in [0.5, 0.6) is 0 Å². The summed E-state index contributed by atoms with van der Waals surface area (Å²) in [5, 5.41) is 0. The molecule has 0 aromatic heterocycles. The number of nitrogens with zero attached hydrogens (tertiary/aromatic N) is 1. The van der Waals surface area contributed by atoms with E-state index in [-0.39, 0.29) is 36.3 Å². The molecule has 3 N–H and O–H groups in total. The highest BCUT2D eigenvalue weighted by Crippen LogP contribution is 2.48. The summed E-state index contributed by atoms with van der Waals surface area (Å²) < 4.78 is 25.1. The number of amides is 1. The highest BCUT2D eigenvalue weighted by Gasteiger charge is 2.50. The molecule has 2 aliphatic carbocycles. The van der Waals surface area contributed by atoms with Crippen LogP contribution >= 0.6 is 12.4 Å². The van der Waals surface area contributed by atoms with Crippen LogP contribution in [0.15, 0.2) is 0 Å². The van der Waals surface area contributed by atoms with Gasteiger partial charge in [0.15, 0.2) is 0 Å². The molecule has 5 unspecified atom stereocenters. The van der Waals surface area contributed by atoms with Crippen LogP contribution in [0.2, 0.25) is 0 Å². The van der Waals surface area contributed by atoms with Gasteiger partial charge in [-0.2, -0.15) is 0 Å². The third kappa shape index (κ3) is 3.36. The quantitative estimate of drug-likeness (QED) is 0.754. The minimum atomic E-state index is -3.21. The molecule has 0 aromatic carbocycles. The number of fused-ring (bicyclic) bond motifs is 2. The first kappa shape index (κ1) is 17.0. The Kier molecular flexibility index (Phi) is 4.87. The zero-order valence-corrected chi connectivity index (χ0v) is 13.8. The first-order valence-corrected chi connectivity index (χ1v) is 9.26. The lowest BCUT2D eigenvalue weighted by Crippen LogP contribution is -2.47. The average Bonchev–Trinajstić information content (AvgIpc) is 3.01. The highest BCUT2D eigenvalue weighted by molar-refractivity contribution is 7.88. The molecule has 1 saturated heterocycles. The second-order valence-corrected chi connectivity index (χ2v) is 8.38. The van der Waals surface area contributed by atoms with Crippen LogP contribution in [-0.2, 0) is 14.8 Å². The Bertz CT molecular complexity index is 511. The number of nitrogens with two attached hydrogens (primary N) is 1. The maximum Gasteiger partial charge on any atom is 0.227 e. The third-order valence-corrected chi connectivity index (χ3v) is 5.91. The lowest BCUT2D eigenvalue weighted by molar-refractivity contribution is -0.136. The van der Waals surface area contributed by atoms with Crippen LogP contribution in [0.4, 0.5) is 0 Å². The summed E-state index contributed by atoms with van der Waals surface area (Å²) in [5.41, 5.74) is 6.21. The summed E-state index contributed by atoms with van der Waals surface area (Å²) in [6.07, 6.45) is 5.22. The largest absolute Gasteiger partial charge is 0.341 e. The van der Waals surface area contributed by atoms with Gasteiger partial charge in [0.1, 0.15) is 0 Å². The molecule has 122 valence electrons. The topological polar surface area (TPSA) is 92.5 Å². The van der Waals surface area contributed by atoms with Crippen molar-refractivity contribution in [1.82, 2.24) is 9.62 Å². The molecular formula is C13H24ClN3O3S. The van der Waals surface area contributed by atoms with Crippen LogP contribution in [0.1, 0.15) is 25.7 Å². The lowest BCUT2D eigenvalue weighted by Gasteiger charge is -2.30. The van der Waals surface area contributed by atoms with E-state index in [0.717, 1.165) is 25.5 Å².